The number of fused-ring (bicyclic) bond motifs is 2. The maximum Gasteiger partial charge on any atom is 0.296 e. The highest BCUT2D eigenvalue weighted by molar-refractivity contribution is 7.86. The number of hydrogen-bond donors (Lipinski definition) is 6. The molecule has 0 radical (unpaired) electrons. The number of carbonyl (C=O) groups is 1. The fourth-order valence-electron chi connectivity index (χ4n) is 5.91. The quantitative estimate of drug-likeness (QED) is 0.126. The highest BCUT2D eigenvalue weighted by atomic mass is 35.5. The Morgan fingerprint density at radius 2 is 1.43 bits per heavy atom. The third-order valence-electron chi connectivity index (χ3n) is 8.24. The molecule has 54 heavy (non-hydrogen) atoms. The van der Waals surface area contributed by atoms with E-state index in [2.05, 4.69) is 30.3 Å². The minimum atomic E-state index is -4.95. The number of halogens is 1. The van der Waals surface area contributed by atoms with Gasteiger partial charge < -0.3 is 14.9 Å². The van der Waals surface area contributed by atoms with Crippen LogP contribution in [0, 0.1) is 0 Å². The number of carbonyl (C=O) groups excluding carboxylic acids is 1. The number of benzene rings is 4. The van der Waals surface area contributed by atoms with Crippen LogP contribution in [0.15, 0.2) is 108 Å². The van der Waals surface area contributed by atoms with Crippen molar-refractivity contribution in [1.29, 1.82) is 0 Å². The molecule has 18 nitrogen and oxygen atoms in total. The van der Waals surface area contributed by atoms with Gasteiger partial charge in [0.15, 0.2) is 5.78 Å². The number of ketones is 1. The highest BCUT2D eigenvalue weighted by Gasteiger charge is 2.30. The summed E-state index contributed by atoms with van der Waals surface area (Å²) in [4.78, 5) is 41.9. The number of rotatable bonds is 7. The Balaban J connectivity index is 1.39. The molecule has 1 aliphatic rings. The first-order valence-electron chi connectivity index (χ1n) is 15.0. The van der Waals surface area contributed by atoms with E-state index in [4.69, 9.17) is 11.6 Å². The summed E-state index contributed by atoms with van der Waals surface area (Å²) < 4.78 is 103. The minimum absolute atomic E-state index is 0.0111. The van der Waals surface area contributed by atoms with Gasteiger partial charge in [0.2, 0.25) is 16.5 Å². The van der Waals surface area contributed by atoms with Gasteiger partial charge in [0.1, 0.15) is 9.79 Å². The van der Waals surface area contributed by atoms with Gasteiger partial charge in [0, 0.05) is 24.1 Å². The molecule has 6 aromatic rings. The van der Waals surface area contributed by atoms with Gasteiger partial charge in [-0.05, 0) is 71.3 Å². The van der Waals surface area contributed by atoms with Gasteiger partial charge in [-0.2, -0.15) is 30.2 Å². The predicted molar refractivity (Wildman–Crippen MR) is 192 cm³/mol. The maximum atomic E-state index is 14.0. The van der Waals surface area contributed by atoms with Crippen LogP contribution < -0.4 is 22.1 Å². The third-order valence-corrected chi connectivity index (χ3v) is 11.1. The van der Waals surface area contributed by atoms with Crippen LogP contribution in [0.1, 0.15) is 15.9 Å². The van der Waals surface area contributed by atoms with E-state index in [9.17, 15) is 48.5 Å². The predicted octanol–water partition coefficient (Wildman–Crippen LogP) is 3.40. The standard InChI is InChI=1S/C32H22ClN7O11S3/c1-40-23-9-8-20(28-27(23)19(14-26(40)41)17-4-2-3-5-18(17)29(28)42)35-21-12-15(6-10-24(21)53(46,47)48)34-31-37-30(33)38-32(39-31)36-22-13-16(52(43,44)45)7-11-25(22)54(49,50)51/h2-14,35H,1H3,(H,43,44,45)(H,46,47,48)(H,49,50,51)(H2,34,36,37,38,39). The summed E-state index contributed by atoms with van der Waals surface area (Å²) in [5.41, 5.74) is 0.155. The SMILES string of the molecule is Cn1c(=O)cc2c3c(c(Nc4cc(N=c5nc(Cl)[nH]c(=Nc6cc(S(=O)(=O)O)ccc6S(=O)(=O)O)[nH]5)ccc4S(=O)(=O)O)ccc31)C(=O)c1ccccc1-2. The lowest BCUT2D eigenvalue weighted by Crippen LogP contribution is -2.26. The fraction of sp³-hybridized carbons (Fsp3) is 0.0312. The lowest BCUT2D eigenvalue weighted by molar-refractivity contribution is 0.104. The molecule has 0 saturated carbocycles. The molecule has 22 heteroatoms. The van der Waals surface area contributed by atoms with Gasteiger partial charge in [0.05, 0.1) is 38.7 Å². The number of aromatic nitrogens is 4. The largest absolute Gasteiger partial charge is 0.354 e. The number of pyridine rings is 1. The van der Waals surface area contributed by atoms with Crippen molar-refractivity contribution in [3.63, 3.8) is 0 Å². The molecule has 0 amide bonds. The minimum Gasteiger partial charge on any atom is -0.354 e. The van der Waals surface area contributed by atoms with E-state index in [1.54, 1.807) is 37.4 Å². The number of H-pyrrole nitrogens is 2. The molecule has 1 aliphatic carbocycles. The Bertz CT molecular complexity index is 3190. The molecule has 7 rings (SSSR count). The van der Waals surface area contributed by atoms with E-state index in [0.29, 0.717) is 39.7 Å². The molecule has 0 saturated heterocycles. The fourth-order valence-corrected chi connectivity index (χ4v) is 7.82. The van der Waals surface area contributed by atoms with Crippen molar-refractivity contribution in [3.8, 4) is 11.1 Å². The first kappa shape index (κ1) is 36.5. The molecule has 0 aliphatic heterocycles. The van der Waals surface area contributed by atoms with Crippen LogP contribution in [0.5, 0.6) is 0 Å². The topological polar surface area (TPSA) is 283 Å². The van der Waals surface area contributed by atoms with Crippen LogP contribution in [0.2, 0.25) is 5.28 Å². The lowest BCUT2D eigenvalue weighted by atomic mass is 9.83. The van der Waals surface area contributed by atoms with Crippen LogP contribution >= 0.6 is 11.6 Å². The summed E-state index contributed by atoms with van der Waals surface area (Å²) >= 11 is 6.12. The zero-order valence-electron chi connectivity index (χ0n) is 27.0. The monoisotopic (exact) mass is 811 g/mol. The van der Waals surface area contributed by atoms with Gasteiger partial charge in [0.25, 0.3) is 35.9 Å². The summed E-state index contributed by atoms with van der Waals surface area (Å²) in [6, 6.07) is 16.7. The van der Waals surface area contributed by atoms with Gasteiger partial charge in [-0.3, -0.25) is 28.2 Å². The highest BCUT2D eigenvalue weighted by Crippen LogP contribution is 2.42. The van der Waals surface area contributed by atoms with Crippen molar-refractivity contribution in [2.75, 3.05) is 5.32 Å². The van der Waals surface area contributed by atoms with Gasteiger partial charge in [-0.15, -0.1) is 0 Å². The number of nitrogens with one attached hydrogen (secondary N) is 3. The first-order valence-corrected chi connectivity index (χ1v) is 19.7. The van der Waals surface area contributed by atoms with Crippen molar-refractivity contribution in [3.05, 3.63) is 117 Å². The average molecular weight is 812 g/mol. The molecule has 0 bridgehead atoms. The Morgan fingerprint density at radius 1 is 0.741 bits per heavy atom. The molecule has 0 fully saturated rings. The Hall–Kier alpha value is -5.81. The number of aromatic amines is 2. The Morgan fingerprint density at radius 3 is 2.11 bits per heavy atom. The van der Waals surface area contributed by atoms with Gasteiger partial charge in [-0.25, -0.2) is 9.98 Å². The number of hydrogen-bond acceptors (Lipinski definition) is 12. The summed E-state index contributed by atoms with van der Waals surface area (Å²) in [5.74, 6) is -0.413. The lowest BCUT2D eigenvalue weighted by Gasteiger charge is -2.24. The van der Waals surface area contributed by atoms with Crippen molar-refractivity contribution in [1.82, 2.24) is 19.5 Å². The zero-order chi connectivity index (χ0) is 38.9. The molecule has 0 atom stereocenters. The zero-order valence-corrected chi connectivity index (χ0v) is 30.2. The smallest absolute Gasteiger partial charge is 0.296 e. The molecule has 2 aromatic heterocycles. The van der Waals surface area contributed by atoms with E-state index in [1.807, 2.05) is 0 Å². The number of aryl methyl sites for hydroxylation is 1. The molecule has 0 spiro atoms. The molecule has 6 N–H and O–H groups in total. The van der Waals surface area contributed by atoms with E-state index in [-0.39, 0.29) is 44.7 Å². The molecule has 2 heterocycles. The van der Waals surface area contributed by atoms with Crippen LogP contribution in [0.25, 0.3) is 22.0 Å². The Labute approximate surface area is 308 Å². The van der Waals surface area contributed by atoms with Crippen molar-refractivity contribution < 1.29 is 43.7 Å². The molecular formula is C32H22ClN7O11S3. The van der Waals surface area contributed by atoms with Crippen molar-refractivity contribution >= 4 is 81.4 Å². The van der Waals surface area contributed by atoms with Gasteiger partial charge in [-0.1, -0.05) is 24.3 Å². The summed E-state index contributed by atoms with van der Waals surface area (Å²) in [5, 5.41) is 2.99. The Kier molecular flexibility index (Phi) is 8.76. The van der Waals surface area contributed by atoms with E-state index in [0.717, 1.165) is 12.1 Å². The summed E-state index contributed by atoms with van der Waals surface area (Å²) in [6.45, 7) is 0. The van der Waals surface area contributed by atoms with Crippen molar-refractivity contribution in [2.24, 2.45) is 17.0 Å². The first-order chi connectivity index (χ1) is 25.3. The second kappa shape index (κ2) is 12.9. The second-order valence-electron chi connectivity index (χ2n) is 11.6. The number of nitrogens with zero attached hydrogens (tertiary/aromatic N) is 4. The molecule has 4 aromatic carbocycles. The van der Waals surface area contributed by atoms with E-state index >= 15 is 0 Å². The number of anilines is 2. The molecule has 276 valence electrons. The van der Waals surface area contributed by atoms with Crippen LogP contribution in [0.4, 0.5) is 22.7 Å². The van der Waals surface area contributed by atoms with Crippen LogP contribution in [-0.4, -0.2) is 64.2 Å². The molecule has 0 unspecified atom stereocenters. The summed E-state index contributed by atoms with van der Waals surface area (Å²) in [7, 11) is -13.1. The normalized spacial score (nSPS) is 13.7. The molecular weight excluding hydrogens is 790 g/mol. The second-order valence-corrected chi connectivity index (χ2v) is 16.2. The van der Waals surface area contributed by atoms with Crippen molar-refractivity contribution in [2.45, 2.75) is 14.7 Å². The van der Waals surface area contributed by atoms with Crippen LogP contribution in [0.3, 0.4) is 0 Å². The third kappa shape index (κ3) is 6.75. The van der Waals surface area contributed by atoms with E-state index in [1.165, 1.54) is 28.8 Å². The van der Waals surface area contributed by atoms with E-state index < -0.39 is 56.5 Å². The van der Waals surface area contributed by atoms with Gasteiger partial charge >= 0.3 is 0 Å². The maximum absolute atomic E-state index is 14.0. The van der Waals surface area contributed by atoms with Crippen LogP contribution in [-0.2, 0) is 37.4 Å². The summed E-state index contributed by atoms with van der Waals surface area (Å²) in [6.07, 6.45) is 0. The average Bonchev–Trinajstić information content (AvgIpc) is 3.07.